The van der Waals surface area contributed by atoms with Crippen molar-refractivity contribution in [3.63, 3.8) is 0 Å². The number of carbonyl (C=O) groups excluding carboxylic acids is 1. The summed E-state index contributed by atoms with van der Waals surface area (Å²) in [7, 11) is 0. The number of carbonyl (C=O) groups is 1. The second kappa shape index (κ2) is 7.67. The van der Waals surface area contributed by atoms with Gasteiger partial charge in [0.25, 0.3) is 0 Å². The van der Waals surface area contributed by atoms with Gasteiger partial charge in [-0.25, -0.2) is 0 Å². The monoisotopic (exact) mass is 242 g/mol. The molecule has 0 aromatic carbocycles. The molecular formula is C13H26N2O2. The van der Waals surface area contributed by atoms with Gasteiger partial charge in [0, 0.05) is 6.54 Å². The summed E-state index contributed by atoms with van der Waals surface area (Å²) in [5.74, 6) is 1.10. The molecular weight excluding hydrogens is 216 g/mol. The first-order valence-corrected chi connectivity index (χ1v) is 6.75. The van der Waals surface area contributed by atoms with Gasteiger partial charge in [-0.15, -0.1) is 0 Å². The van der Waals surface area contributed by atoms with E-state index in [1.807, 2.05) is 0 Å². The topological polar surface area (TPSA) is 55.6 Å². The molecule has 1 aliphatic heterocycles. The average Bonchev–Trinajstić information content (AvgIpc) is 2.32. The Bertz CT molecular complexity index is 233. The molecule has 1 aliphatic rings. The molecule has 1 rings (SSSR count). The molecule has 0 aromatic heterocycles. The largest absolute Gasteiger partial charge is 0.465 e. The zero-order valence-corrected chi connectivity index (χ0v) is 11.2. The van der Waals surface area contributed by atoms with E-state index in [0.717, 1.165) is 32.4 Å². The third-order valence-corrected chi connectivity index (χ3v) is 3.61. The molecule has 2 N–H and O–H groups in total. The maximum Gasteiger partial charge on any atom is 0.320 e. The van der Waals surface area contributed by atoms with Crippen LogP contribution in [0.1, 0.15) is 33.1 Å². The first-order chi connectivity index (χ1) is 8.17. The molecule has 1 heterocycles. The Morgan fingerprint density at radius 2 is 2.29 bits per heavy atom. The molecule has 1 fully saturated rings. The minimum absolute atomic E-state index is 0.0937. The first-order valence-electron chi connectivity index (χ1n) is 6.75. The van der Waals surface area contributed by atoms with Crippen LogP contribution in [0.4, 0.5) is 0 Å². The first kappa shape index (κ1) is 14.5. The van der Waals surface area contributed by atoms with Crippen molar-refractivity contribution in [2.75, 3.05) is 32.8 Å². The van der Waals surface area contributed by atoms with Crippen LogP contribution < -0.4 is 5.73 Å². The molecule has 0 bridgehead atoms. The van der Waals surface area contributed by atoms with Gasteiger partial charge in [-0.05, 0) is 37.8 Å². The van der Waals surface area contributed by atoms with Gasteiger partial charge in [0.15, 0.2) is 0 Å². The van der Waals surface area contributed by atoms with E-state index >= 15 is 0 Å². The lowest BCUT2D eigenvalue weighted by molar-refractivity contribution is -0.145. The van der Waals surface area contributed by atoms with Crippen LogP contribution in [0.25, 0.3) is 0 Å². The molecule has 2 unspecified atom stereocenters. The van der Waals surface area contributed by atoms with E-state index in [1.54, 1.807) is 0 Å². The smallest absolute Gasteiger partial charge is 0.320 e. The maximum absolute atomic E-state index is 11.6. The number of esters is 1. The average molecular weight is 242 g/mol. The quantitative estimate of drug-likeness (QED) is 0.562. The van der Waals surface area contributed by atoms with Crippen LogP contribution in [-0.2, 0) is 9.53 Å². The fraction of sp³-hybridized carbons (Fsp3) is 0.923. The molecule has 4 heteroatoms. The third kappa shape index (κ3) is 5.04. The molecule has 100 valence electrons. The van der Waals surface area contributed by atoms with E-state index in [1.165, 1.54) is 0 Å². The van der Waals surface area contributed by atoms with Gasteiger partial charge in [-0.3, -0.25) is 9.69 Å². The molecule has 0 saturated carbocycles. The Balaban J connectivity index is 2.24. The van der Waals surface area contributed by atoms with E-state index in [9.17, 15) is 4.79 Å². The van der Waals surface area contributed by atoms with Crippen LogP contribution >= 0.6 is 0 Å². The van der Waals surface area contributed by atoms with Crippen molar-refractivity contribution >= 4 is 5.97 Å². The highest BCUT2D eigenvalue weighted by atomic mass is 16.5. The Morgan fingerprint density at radius 1 is 1.53 bits per heavy atom. The van der Waals surface area contributed by atoms with Crippen LogP contribution in [0.3, 0.4) is 0 Å². The van der Waals surface area contributed by atoms with Crippen LogP contribution in [0.5, 0.6) is 0 Å². The van der Waals surface area contributed by atoms with Crippen LogP contribution in [0, 0.1) is 11.8 Å². The number of hydrogen-bond acceptors (Lipinski definition) is 4. The second-order valence-electron chi connectivity index (χ2n) is 5.07. The van der Waals surface area contributed by atoms with Gasteiger partial charge in [0.1, 0.15) is 0 Å². The van der Waals surface area contributed by atoms with Crippen molar-refractivity contribution in [1.29, 1.82) is 0 Å². The molecule has 17 heavy (non-hydrogen) atoms. The normalized spacial score (nSPS) is 25.8. The van der Waals surface area contributed by atoms with Crippen LogP contribution in [0.2, 0.25) is 0 Å². The lowest BCUT2D eigenvalue weighted by atomic mass is 9.87. The minimum atomic E-state index is -0.0937. The Labute approximate surface area is 104 Å². The summed E-state index contributed by atoms with van der Waals surface area (Å²) in [5.41, 5.74) is 5.74. The number of ether oxygens (including phenoxy) is 1. The predicted molar refractivity (Wildman–Crippen MR) is 68.6 cm³/mol. The van der Waals surface area contributed by atoms with Crippen molar-refractivity contribution in [2.24, 2.45) is 17.6 Å². The molecule has 0 aromatic rings. The summed E-state index contributed by atoms with van der Waals surface area (Å²) in [6.45, 7) is 7.94. The highest BCUT2D eigenvalue weighted by molar-refractivity contribution is 5.71. The number of rotatable bonds is 6. The fourth-order valence-electron chi connectivity index (χ4n) is 2.23. The van der Waals surface area contributed by atoms with Crippen molar-refractivity contribution in [3.8, 4) is 0 Å². The number of piperidine rings is 1. The van der Waals surface area contributed by atoms with Crippen molar-refractivity contribution in [2.45, 2.75) is 33.1 Å². The van der Waals surface area contributed by atoms with Gasteiger partial charge in [-0.2, -0.15) is 0 Å². The van der Waals surface area contributed by atoms with Gasteiger partial charge in [0.2, 0.25) is 0 Å². The van der Waals surface area contributed by atoms with Gasteiger partial charge >= 0.3 is 5.97 Å². The van der Waals surface area contributed by atoms with E-state index in [0.29, 0.717) is 31.5 Å². The summed E-state index contributed by atoms with van der Waals surface area (Å²) in [6.07, 6.45) is 3.14. The van der Waals surface area contributed by atoms with Gasteiger partial charge < -0.3 is 10.5 Å². The molecule has 1 saturated heterocycles. The summed E-state index contributed by atoms with van der Waals surface area (Å²) < 4.78 is 5.17. The molecule has 0 amide bonds. The standard InChI is InChI=1S/C13H26N2O2/c1-3-4-7-17-13(16)10-15-6-5-11(2)12(8-14)9-15/h11-12H,3-10,14H2,1-2H3. The predicted octanol–water partition coefficient (Wildman–Crippen LogP) is 1.25. The van der Waals surface area contributed by atoms with Crippen LogP contribution in [-0.4, -0.2) is 43.7 Å². The fourth-order valence-corrected chi connectivity index (χ4v) is 2.23. The third-order valence-electron chi connectivity index (χ3n) is 3.61. The highest BCUT2D eigenvalue weighted by Crippen LogP contribution is 2.21. The van der Waals surface area contributed by atoms with Gasteiger partial charge in [0.05, 0.1) is 13.2 Å². The second-order valence-corrected chi connectivity index (χ2v) is 5.07. The van der Waals surface area contributed by atoms with Crippen molar-refractivity contribution < 1.29 is 9.53 Å². The Hall–Kier alpha value is -0.610. The van der Waals surface area contributed by atoms with E-state index in [4.69, 9.17) is 10.5 Å². The Kier molecular flexibility index (Phi) is 6.52. The summed E-state index contributed by atoms with van der Waals surface area (Å²) in [5, 5.41) is 0. The zero-order valence-electron chi connectivity index (χ0n) is 11.2. The lowest BCUT2D eigenvalue weighted by Crippen LogP contribution is -2.44. The summed E-state index contributed by atoms with van der Waals surface area (Å²) in [4.78, 5) is 13.7. The lowest BCUT2D eigenvalue weighted by Gasteiger charge is -2.35. The molecule has 0 spiro atoms. The number of hydrogen-bond donors (Lipinski definition) is 1. The number of likely N-dealkylation sites (tertiary alicyclic amines) is 1. The van der Waals surface area contributed by atoms with Gasteiger partial charge in [-0.1, -0.05) is 20.3 Å². The van der Waals surface area contributed by atoms with E-state index in [-0.39, 0.29) is 5.97 Å². The zero-order chi connectivity index (χ0) is 12.7. The van der Waals surface area contributed by atoms with Crippen LogP contribution in [0.15, 0.2) is 0 Å². The van der Waals surface area contributed by atoms with E-state index in [2.05, 4.69) is 18.7 Å². The summed E-state index contributed by atoms with van der Waals surface area (Å²) in [6, 6.07) is 0. The minimum Gasteiger partial charge on any atom is -0.465 e. The Morgan fingerprint density at radius 3 is 2.94 bits per heavy atom. The van der Waals surface area contributed by atoms with E-state index < -0.39 is 0 Å². The summed E-state index contributed by atoms with van der Waals surface area (Å²) >= 11 is 0. The number of nitrogens with two attached hydrogens (primary N) is 1. The van der Waals surface area contributed by atoms with Crippen molar-refractivity contribution in [3.05, 3.63) is 0 Å². The number of nitrogens with zero attached hydrogens (tertiary/aromatic N) is 1. The molecule has 2 atom stereocenters. The maximum atomic E-state index is 11.6. The molecule has 0 radical (unpaired) electrons. The molecule has 4 nitrogen and oxygen atoms in total. The molecule has 0 aliphatic carbocycles. The highest BCUT2D eigenvalue weighted by Gasteiger charge is 2.26. The van der Waals surface area contributed by atoms with Crippen molar-refractivity contribution in [1.82, 2.24) is 4.90 Å². The SMILES string of the molecule is CCCCOC(=O)CN1CCC(C)C(CN)C1. The number of unbranched alkanes of at least 4 members (excludes halogenated alkanes) is 1.